The Morgan fingerprint density at radius 3 is 2.59 bits per heavy atom. The third-order valence-corrected chi connectivity index (χ3v) is 4.76. The maximum Gasteiger partial charge on any atom is 0.336 e. The van der Waals surface area contributed by atoms with E-state index >= 15 is 0 Å². The van der Waals surface area contributed by atoms with Crippen LogP contribution in [0.5, 0.6) is 0 Å². The summed E-state index contributed by atoms with van der Waals surface area (Å²) < 4.78 is 11.0. The van der Waals surface area contributed by atoms with Crippen molar-refractivity contribution >= 4 is 11.0 Å². The Bertz CT molecular complexity index is 1080. The van der Waals surface area contributed by atoms with Crippen LogP contribution in [0, 0.1) is 0 Å². The topological polar surface area (TPSA) is 55.4 Å². The molecule has 4 heteroatoms. The molecule has 2 heterocycles. The number of rotatable bonds is 6. The lowest BCUT2D eigenvalue weighted by Crippen LogP contribution is -2.22. The van der Waals surface area contributed by atoms with Gasteiger partial charge in [0, 0.05) is 18.0 Å². The van der Waals surface area contributed by atoms with Crippen LogP contribution in [0.15, 0.2) is 86.6 Å². The molecule has 2 aromatic carbocycles. The number of fused-ring (bicyclic) bond motifs is 1. The van der Waals surface area contributed by atoms with Crippen molar-refractivity contribution in [3.8, 4) is 0 Å². The van der Waals surface area contributed by atoms with E-state index in [2.05, 4.69) is 30.4 Å². The maximum atomic E-state index is 12.0. The minimum atomic E-state index is -0.332. The van der Waals surface area contributed by atoms with E-state index in [-0.39, 0.29) is 11.7 Å². The van der Waals surface area contributed by atoms with Gasteiger partial charge in [-0.2, -0.15) is 0 Å². The van der Waals surface area contributed by atoms with Gasteiger partial charge in [0.2, 0.25) is 0 Å². The number of nitrogens with one attached hydrogen (secondary N) is 1. The summed E-state index contributed by atoms with van der Waals surface area (Å²) in [5.74, 6) is 0.835. The van der Waals surface area contributed by atoms with Crippen LogP contribution < -0.4 is 10.9 Å². The van der Waals surface area contributed by atoms with E-state index in [0.29, 0.717) is 12.1 Å². The number of hydrogen-bond donors (Lipinski definition) is 1. The second kappa shape index (κ2) is 7.64. The normalized spacial score (nSPS) is 12.3. The van der Waals surface area contributed by atoms with E-state index in [4.69, 9.17) is 8.83 Å². The van der Waals surface area contributed by atoms with Crippen molar-refractivity contribution < 1.29 is 8.83 Å². The van der Waals surface area contributed by atoms with Crippen molar-refractivity contribution in [3.05, 3.63) is 106 Å². The zero-order valence-corrected chi connectivity index (χ0v) is 15.1. The molecule has 27 heavy (non-hydrogen) atoms. The molecule has 0 aliphatic heterocycles. The van der Waals surface area contributed by atoms with Gasteiger partial charge in [0.05, 0.1) is 12.3 Å². The van der Waals surface area contributed by atoms with Gasteiger partial charge in [0.1, 0.15) is 11.3 Å². The summed E-state index contributed by atoms with van der Waals surface area (Å²) in [6.07, 6.45) is 2.57. The largest absolute Gasteiger partial charge is 0.467 e. The van der Waals surface area contributed by atoms with E-state index in [1.165, 1.54) is 0 Å². The van der Waals surface area contributed by atoms with Gasteiger partial charge in [-0.1, -0.05) is 49.4 Å². The first kappa shape index (κ1) is 17.3. The average Bonchev–Trinajstić information content (AvgIpc) is 3.22. The molecule has 0 aliphatic carbocycles. The highest BCUT2D eigenvalue weighted by Crippen LogP contribution is 2.24. The van der Waals surface area contributed by atoms with Crippen molar-refractivity contribution in [3.63, 3.8) is 0 Å². The van der Waals surface area contributed by atoms with E-state index in [1.807, 2.05) is 42.5 Å². The Kier molecular flexibility index (Phi) is 4.90. The minimum Gasteiger partial charge on any atom is -0.467 e. The molecule has 0 unspecified atom stereocenters. The van der Waals surface area contributed by atoms with Crippen LogP contribution >= 0.6 is 0 Å². The van der Waals surface area contributed by atoms with Crippen LogP contribution in [-0.2, 0) is 13.0 Å². The van der Waals surface area contributed by atoms with E-state index in [0.717, 1.165) is 34.3 Å². The maximum absolute atomic E-state index is 12.0. The van der Waals surface area contributed by atoms with Gasteiger partial charge in [-0.05, 0) is 41.3 Å². The van der Waals surface area contributed by atoms with Gasteiger partial charge < -0.3 is 8.83 Å². The number of benzene rings is 2. The lowest BCUT2D eigenvalue weighted by molar-refractivity contribution is 0.445. The molecule has 1 atom stereocenters. The fraction of sp³-hybridized carbons (Fsp3) is 0.174. The Morgan fingerprint density at radius 2 is 1.85 bits per heavy atom. The Hall–Kier alpha value is -3.11. The summed E-state index contributed by atoms with van der Waals surface area (Å²) in [5, 5.41) is 4.48. The highest BCUT2D eigenvalue weighted by atomic mass is 16.4. The van der Waals surface area contributed by atoms with Gasteiger partial charge in [-0.3, -0.25) is 5.32 Å². The summed E-state index contributed by atoms with van der Waals surface area (Å²) in [4.78, 5) is 12.0. The molecule has 4 aromatic rings. The third-order valence-electron chi connectivity index (χ3n) is 4.76. The summed E-state index contributed by atoms with van der Waals surface area (Å²) >= 11 is 0. The van der Waals surface area contributed by atoms with Crippen LogP contribution in [0.25, 0.3) is 11.0 Å². The highest BCUT2D eigenvalue weighted by Gasteiger charge is 2.17. The van der Waals surface area contributed by atoms with E-state index in [9.17, 15) is 4.79 Å². The van der Waals surface area contributed by atoms with Gasteiger partial charge in [0.15, 0.2) is 0 Å². The molecule has 136 valence electrons. The fourth-order valence-electron chi connectivity index (χ4n) is 3.34. The second-order valence-corrected chi connectivity index (χ2v) is 6.51. The lowest BCUT2D eigenvalue weighted by Gasteiger charge is -2.18. The van der Waals surface area contributed by atoms with Crippen LogP contribution in [0.3, 0.4) is 0 Å². The van der Waals surface area contributed by atoms with E-state index < -0.39 is 0 Å². The Labute approximate surface area is 157 Å². The quantitative estimate of drug-likeness (QED) is 0.501. The van der Waals surface area contributed by atoms with Gasteiger partial charge in [-0.15, -0.1) is 0 Å². The molecule has 0 saturated heterocycles. The zero-order chi connectivity index (χ0) is 18.6. The highest BCUT2D eigenvalue weighted by molar-refractivity contribution is 5.80. The number of hydrogen-bond acceptors (Lipinski definition) is 4. The zero-order valence-electron chi connectivity index (χ0n) is 15.1. The SMILES string of the molecule is CCc1ccc2c(CN[C@@H](c3ccccc3)c3ccco3)cc(=O)oc2c1. The summed E-state index contributed by atoms with van der Waals surface area (Å²) in [7, 11) is 0. The van der Waals surface area contributed by atoms with Crippen LogP contribution in [0.2, 0.25) is 0 Å². The predicted molar refractivity (Wildman–Crippen MR) is 106 cm³/mol. The molecular formula is C23H21NO3. The Morgan fingerprint density at radius 1 is 1.00 bits per heavy atom. The third kappa shape index (κ3) is 3.71. The molecule has 1 N–H and O–H groups in total. The summed E-state index contributed by atoms with van der Waals surface area (Å²) in [6.45, 7) is 2.60. The first-order valence-electron chi connectivity index (χ1n) is 9.12. The van der Waals surface area contributed by atoms with Gasteiger partial charge in [0.25, 0.3) is 0 Å². The van der Waals surface area contributed by atoms with Crippen molar-refractivity contribution in [2.24, 2.45) is 0 Å². The molecule has 4 rings (SSSR count). The second-order valence-electron chi connectivity index (χ2n) is 6.51. The molecule has 2 aromatic heterocycles. The molecule has 0 bridgehead atoms. The minimum absolute atomic E-state index is 0.0987. The fourth-order valence-corrected chi connectivity index (χ4v) is 3.34. The molecular weight excluding hydrogens is 338 g/mol. The number of aryl methyl sites for hydroxylation is 1. The summed E-state index contributed by atoms with van der Waals surface area (Å²) in [5.41, 5.74) is 3.47. The van der Waals surface area contributed by atoms with Crippen LogP contribution in [0.4, 0.5) is 0 Å². The summed E-state index contributed by atoms with van der Waals surface area (Å²) in [6, 6.07) is 21.5. The molecule has 0 fully saturated rings. The lowest BCUT2D eigenvalue weighted by atomic mass is 10.0. The monoisotopic (exact) mass is 359 g/mol. The van der Waals surface area contributed by atoms with Crippen molar-refractivity contribution in [2.75, 3.05) is 0 Å². The Balaban J connectivity index is 1.68. The molecule has 4 nitrogen and oxygen atoms in total. The molecule has 0 spiro atoms. The standard InChI is InChI=1S/C23H21NO3/c1-2-16-10-11-19-18(14-22(25)27-21(19)13-16)15-24-23(20-9-6-12-26-20)17-7-4-3-5-8-17/h3-14,23-24H,2,15H2,1H3/t23-/m0/s1. The van der Waals surface area contributed by atoms with Crippen LogP contribution in [0.1, 0.15) is 35.4 Å². The van der Waals surface area contributed by atoms with E-state index in [1.54, 1.807) is 12.3 Å². The van der Waals surface area contributed by atoms with Crippen molar-refractivity contribution in [2.45, 2.75) is 25.9 Å². The smallest absolute Gasteiger partial charge is 0.336 e. The predicted octanol–water partition coefficient (Wildman–Crippen LogP) is 4.83. The molecule has 0 amide bonds. The number of furan rings is 1. The molecule has 0 saturated carbocycles. The first-order chi connectivity index (χ1) is 13.2. The average molecular weight is 359 g/mol. The van der Waals surface area contributed by atoms with Gasteiger partial charge >= 0.3 is 5.63 Å². The van der Waals surface area contributed by atoms with Gasteiger partial charge in [-0.25, -0.2) is 4.79 Å². The first-order valence-corrected chi connectivity index (χ1v) is 9.12. The van der Waals surface area contributed by atoms with Crippen molar-refractivity contribution in [1.82, 2.24) is 5.32 Å². The molecule has 0 aliphatic rings. The van der Waals surface area contributed by atoms with Crippen molar-refractivity contribution in [1.29, 1.82) is 0 Å². The molecule has 0 radical (unpaired) electrons. The van der Waals surface area contributed by atoms with Crippen LogP contribution in [-0.4, -0.2) is 0 Å².